The molecule has 0 spiro atoms. The lowest BCUT2D eigenvalue weighted by Gasteiger charge is -2.33. The number of nitrogens with zero attached hydrogens (tertiary/aromatic N) is 1. The normalized spacial score (nSPS) is 24.6. The molecule has 0 aromatic heterocycles. The second-order valence-corrected chi connectivity index (χ2v) is 6.65. The van der Waals surface area contributed by atoms with Gasteiger partial charge in [-0.05, 0) is 75.0 Å². The molecule has 0 saturated heterocycles. The minimum absolute atomic E-state index is 0.170. The maximum atomic E-state index is 13.9. The van der Waals surface area contributed by atoms with E-state index in [0.29, 0.717) is 11.5 Å². The Hall–Kier alpha value is -1.95. The molecule has 2 aliphatic rings. The van der Waals surface area contributed by atoms with Crippen molar-refractivity contribution in [2.24, 2.45) is 5.92 Å². The first kappa shape index (κ1) is 15.9. The molecule has 3 rings (SSSR count). The molecule has 1 aromatic carbocycles. The van der Waals surface area contributed by atoms with Crippen molar-refractivity contribution in [3.63, 3.8) is 0 Å². The third kappa shape index (κ3) is 3.22. The van der Waals surface area contributed by atoms with Gasteiger partial charge in [0.15, 0.2) is 0 Å². The van der Waals surface area contributed by atoms with E-state index in [2.05, 4.69) is 19.1 Å². The Bertz CT molecular complexity index is 686. The highest BCUT2D eigenvalue weighted by Crippen LogP contribution is 2.44. The van der Waals surface area contributed by atoms with Crippen molar-refractivity contribution in [3.05, 3.63) is 58.2 Å². The molecule has 0 bridgehead atoms. The van der Waals surface area contributed by atoms with E-state index in [9.17, 15) is 8.78 Å². The minimum atomic E-state index is -0.737. The highest BCUT2D eigenvalue weighted by atomic mass is 19.1. The van der Waals surface area contributed by atoms with E-state index in [-0.39, 0.29) is 5.92 Å². The Morgan fingerprint density at radius 2 is 1.74 bits per heavy atom. The van der Waals surface area contributed by atoms with Crippen LogP contribution in [0.1, 0.15) is 62.5 Å². The number of allylic oxidation sites excluding steroid dienone is 4. The predicted octanol–water partition coefficient (Wildman–Crippen LogP) is 5.78. The summed E-state index contributed by atoms with van der Waals surface area (Å²) >= 11 is 0. The van der Waals surface area contributed by atoms with Crippen molar-refractivity contribution in [2.75, 3.05) is 0 Å². The van der Waals surface area contributed by atoms with Crippen molar-refractivity contribution in [2.45, 2.75) is 51.4 Å². The van der Waals surface area contributed by atoms with Gasteiger partial charge >= 0.3 is 0 Å². The molecular weight excluding hydrogens is 292 g/mol. The summed E-state index contributed by atoms with van der Waals surface area (Å²) in [7, 11) is 0. The van der Waals surface area contributed by atoms with Crippen LogP contribution in [0, 0.1) is 28.9 Å². The molecule has 0 fully saturated rings. The number of hydrogen-bond donors (Lipinski definition) is 0. The summed E-state index contributed by atoms with van der Waals surface area (Å²) in [4.78, 5) is 0. The molecule has 2 unspecified atom stereocenters. The van der Waals surface area contributed by atoms with Crippen LogP contribution in [0.15, 0.2) is 35.4 Å². The number of hydrogen-bond acceptors (Lipinski definition) is 1. The summed E-state index contributed by atoms with van der Waals surface area (Å²) < 4.78 is 27.7. The average Bonchev–Trinajstić information content (AvgIpc) is 2.54. The largest absolute Gasteiger partial charge is 0.205 e. The van der Waals surface area contributed by atoms with E-state index < -0.39 is 17.2 Å². The van der Waals surface area contributed by atoms with Gasteiger partial charge < -0.3 is 0 Å². The number of rotatable bonds is 2. The van der Waals surface area contributed by atoms with Crippen LogP contribution in [0.5, 0.6) is 0 Å². The molecule has 3 heteroatoms. The quantitative estimate of drug-likeness (QED) is 0.635. The standard InChI is InChI=1S/C20H21F2N/c1-2-3-13-4-5-15-9-16(7-6-14(15)8-13)17-10-19(21)18(12-23)20(22)11-17/h2-3,10-11,13,16H,4-9H2,1H3. The van der Waals surface area contributed by atoms with Crippen LogP contribution >= 0.6 is 0 Å². The zero-order valence-electron chi connectivity index (χ0n) is 13.4. The second-order valence-electron chi connectivity index (χ2n) is 6.65. The van der Waals surface area contributed by atoms with Crippen molar-refractivity contribution in [3.8, 4) is 6.07 Å². The molecule has 2 atom stereocenters. The van der Waals surface area contributed by atoms with Gasteiger partial charge in [-0.25, -0.2) is 8.78 Å². The number of nitriles is 1. The van der Waals surface area contributed by atoms with Crippen LogP contribution in [-0.2, 0) is 0 Å². The fourth-order valence-electron chi connectivity index (χ4n) is 4.03. The third-order valence-corrected chi connectivity index (χ3v) is 5.23. The molecule has 120 valence electrons. The first-order valence-electron chi connectivity index (χ1n) is 8.34. The molecule has 0 heterocycles. The molecule has 0 amide bonds. The average molecular weight is 313 g/mol. The first-order chi connectivity index (χ1) is 11.1. The van der Waals surface area contributed by atoms with Crippen LogP contribution in [0.3, 0.4) is 0 Å². The Morgan fingerprint density at radius 3 is 2.39 bits per heavy atom. The Morgan fingerprint density at radius 1 is 1.09 bits per heavy atom. The maximum Gasteiger partial charge on any atom is 0.144 e. The lowest BCUT2D eigenvalue weighted by Crippen LogP contribution is -2.16. The van der Waals surface area contributed by atoms with E-state index in [4.69, 9.17) is 5.26 Å². The molecule has 2 aliphatic carbocycles. The van der Waals surface area contributed by atoms with E-state index in [1.165, 1.54) is 24.1 Å². The van der Waals surface area contributed by atoms with Crippen LogP contribution < -0.4 is 0 Å². The summed E-state index contributed by atoms with van der Waals surface area (Å²) in [6.07, 6.45) is 10.7. The maximum absolute atomic E-state index is 13.9. The smallest absolute Gasteiger partial charge is 0.144 e. The van der Waals surface area contributed by atoms with E-state index >= 15 is 0 Å². The van der Waals surface area contributed by atoms with Crippen molar-refractivity contribution in [1.82, 2.24) is 0 Å². The molecular formula is C20H21F2N. The van der Waals surface area contributed by atoms with Crippen molar-refractivity contribution < 1.29 is 8.78 Å². The molecule has 23 heavy (non-hydrogen) atoms. The Kier molecular flexibility index (Phi) is 4.61. The van der Waals surface area contributed by atoms with E-state index in [1.807, 2.05) is 0 Å². The molecule has 0 radical (unpaired) electrons. The van der Waals surface area contributed by atoms with Gasteiger partial charge in [0.1, 0.15) is 23.3 Å². The molecule has 0 aliphatic heterocycles. The predicted molar refractivity (Wildman–Crippen MR) is 86.8 cm³/mol. The minimum Gasteiger partial charge on any atom is -0.205 e. The zero-order chi connectivity index (χ0) is 16.4. The molecule has 0 N–H and O–H groups in total. The lowest BCUT2D eigenvalue weighted by molar-refractivity contribution is 0.459. The molecule has 1 nitrogen and oxygen atoms in total. The summed E-state index contributed by atoms with van der Waals surface area (Å²) in [5.74, 6) is -0.651. The molecule has 1 aromatic rings. The summed E-state index contributed by atoms with van der Waals surface area (Å²) in [6, 6.07) is 4.29. The van der Waals surface area contributed by atoms with E-state index in [0.717, 1.165) is 32.1 Å². The fourth-order valence-corrected chi connectivity index (χ4v) is 4.03. The number of halogens is 2. The van der Waals surface area contributed by atoms with Crippen molar-refractivity contribution in [1.29, 1.82) is 5.26 Å². The highest BCUT2D eigenvalue weighted by molar-refractivity contribution is 5.38. The van der Waals surface area contributed by atoms with Gasteiger partial charge in [-0.15, -0.1) is 0 Å². The summed E-state index contributed by atoms with van der Waals surface area (Å²) in [5, 5.41) is 8.78. The summed E-state index contributed by atoms with van der Waals surface area (Å²) in [6.45, 7) is 2.06. The van der Waals surface area contributed by atoms with Gasteiger partial charge in [0.2, 0.25) is 0 Å². The Labute approximate surface area is 136 Å². The van der Waals surface area contributed by atoms with Gasteiger partial charge in [0, 0.05) is 0 Å². The number of benzene rings is 1. The second kappa shape index (κ2) is 6.66. The Balaban J connectivity index is 1.80. The topological polar surface area (TPSA) is 23.8 Å². The van der Waals surface area contributed by atoms with Crippen molar-refractivity contribution >= 4 is 0 Å². The van der Waals surface area contributed by atoms with Crippen LogP contribution in [0.2, 0.25) is 0 Å². The zero-order valence-corrected chi connectivity index (χ0v) is 13.4. The van der Waals surface area contributed by atoms with Gasteiger partial charge in [-0.2, -0.15) is 5.26 Å². The third-order valence-electron chi connectivity index (χ3n) is 5.23. The lowest BCUT2D eigenvalue weighted by atomic mass is 9.72. The van der Waals surface area contributed by atoms with Gasteiger partial charge in [-0.3, -0.25) is 0 Å². The van der Waals surface area contributed by atoms with Gasteiger partial charge in [0.25, 0.3) is 0 Å². The van der Waals surface area contributed by atoms with Gasteiger partial charge in [0.05, 0.1) is 0 Å². The van der Waals surface area contributed by atoms with Crippen LogP contribution in [0.4, 0.5) is 8.78 Å². The highest BCUT2D eigenvalue weighted by Gasteiger charge is 2.27. The SMILES string of the molecule is CC=CC1CCC2=C(CCC(c3cc(F)c(C#N)c(F)c3)C2)C1. The molecule has 0 saturated carbocycles. The summed E-state index contributed by atoms with van der Waals surface area (Å²) in [5.41, 5.74) is 3.27. The van der Waals surface area contributed by atoms with Gasteiger partial charge in [-0.1, -0.05) is 23.3 Å². The van der Waals surface area contributed by atoms with E-state index in [1.54, 1.807) is 11.6 Å². The van der Waals surface area contributed by atoms with Crippen LogP contribution in [-0.4, -0.2) is 0 Å². The fraction of sp³-hybridized carbons (Fsp3) is 0.450. The van der Waals surface area contributed by atoms with Crippen LogP contribution in [0.25, 0.3) is 0 Å². The monoisotopic (exact) mass is 313 g/mol. The first-order valence-corrected chi connectivity index (χ1v) is 8.34.